The molecule has 100 valence electrons. The fraction of sp³-hybridized carbons (Fsp3) is 0.615. The minimum atomic E-state index is -0.327. The van der Waals surface area contributed by atoms with Crippen molar-refractivity contribution in [3.63, 3.8) is 0 Å². The maximum atomic E-state index is 12.0. The van der Waals surface area contributed by atoms with Crippen LogP contribution in [0.15, 0.2) is 16.7 Å². The molecule has 0 bridgehead atoms. The lowest BCUT2D eigenvalue weighted by atomic mass is 10.2. The molecule has 1 fully saturated rings. The monoisotopic (exact) mass is 314 g/mol. The van der Waals surface area contributed by atoms with Crippen molar-refractivity contribution in [2.45, 2.75) is 44.8 Å². The van der Waals surface area contributed by atoms with Gasteiger partial charge in [-0.05, 0) is 47.7 Å². The summed E-state index contributed by atoms with van der Waals surface area (Å²) in [6.07, 6.45) is 5.26. The molecule has 2 N–H and O–H groups in total. The number of carbonyl (C=O) groups excluding carboxylic acids is 1. The van der Waals surface area contributed by atoms with E-state index in [2.05, 4.69) is 21.2 Å². The van der Waals surface area contributed by atoms with E-state index in [1.54, 1.807) is 0 Å². The van der Waals surface area contributed by atoms with Gasteiger partial charge in [-0.15, -0.1) is 0 Å². The summed E-state index contributed by atoms with van der Waals surface area (Å²) in [4.78, 5) is 12.0. The van der Waals surface area contributed by atoms with Crippen molar-refractivity contribution in [1.82, 2.24) is 9.88 Å². The largest absolute Gasteiger partial charge is 0.393 e. The molecule has 0 aliphatic heterocycles. The standard InChI is InChI=1S/C13H19BrN2O2/c1-2-11(17)5-6-15-13(18)12-7-9(14)8-16(12)10-3-4-10/h7-8,10-11,17H,2-6H2,1H3,(H,15,18). The molecule has 1 unspecified atom stereocenters. The summed E-state index contributed by atoms with van der Waals surface area (Å²) in [5, 5.41) is 12.3. The van der Waals surface area contributed by atoms with Gasteiger partial charge in [-0.2, -0.15) is 0 Å². The van der Waals surface area contributed by atoms with E-state index in [1.165, 1.54) is 0 Å². The molecule has 1 saturated carbocycles. The number of aliphatic hydroxyl groups excluding tert-OH is 1. The SMILES string of the molecule is CCC(O)CCNC(=O)c1cc(Br)cn1C1CC1. The first-order valence-electron chi connectivity index (χ1n) is 6.45. The summed E-state index contributed by atoms with van der Waals surface area (Å²) < 4.78 is 2.98. The van der Waals surface area contributed by atoms with Crippen LogP contribution in [0.3, 0.4) is 0 Å². The number of nitrogens with one attached hydrogen (secondary N) is 1. The van der Waals surface area contributed by atoms with E-state index in [0.717, 1.165) is 23.7 Å². The molecular weight excluding hydrogens is 296 g/mol. The Labute approximate surface area is 116 Å². The first-order chi connectivity index (χ1) is 8.61. The Kier molecular flexibility index (Phi) is 4.45. The number of hydrogen-bond acceptors (Lipinski definition) is 2. The summed E-state index contributed by atoms with van der Waals surface area (Å²) in [6, 6.07) is 2.34. The molecule has 1 heterocycles. The average molecular weight is 315 g/mol. The second-order valence-corrected chi connectivity index (χ2v) is 5.70. The molecule has 1 aliphatic carbocycles. The van der Waals surface area contributed by atoms with Crippen LogP contribution in [0, 0.1) is 0 Å². The van der Waals surface area contributed by atoms with E-state index in [4.69, 9.17) is 0 Å². The second-order valence-electron chi connectivity index (χ2n) is 4.79. The molecule has 18 heavy (non-hydrogen) atoms. The highest BCUT2D eigenvalue weighted by atomic mass is 79.9. The van der Waals surface area contributed by atoms with Crippen LogP contribution in [0.25, 0.3) is 0 Å². The van der Waals surface area contributed by atoms with E-state index in [0.29, 0.717) is 24.7 Å². The van der Waals surface area contributed by atoms with Crippen LogP contribution >= 0.6 is 15.9 Å². The highest BCUT2D eigenvalue weighted by Gasteiger charge is 2.27. The minimum Gasteiger partial charge on any atom is -0.393 e. The summed E-state index contributed by atoms with van der Waals surface area (Å²) in [5.41, 5.74) is 0.704. The molecule has 2 rings (SSSR count). The van der Waals surface area contributed by atoms with Crippen molar-refractivity contribution in [3.8, 4) is 0 Å². The molecule has 1 atom stereocenters. The van der Waals surface area contributed by atoms with Gasteiger partial charge in [-0.1, -0.05) is 6.92 Å². The third-order valence-electron chi connectivity index (χ3n) is 3.22. The van der Waals surface area contributed by atoms with E-state index in [-0.39, 0.29) is 12.0 Å². The van der Waals surface area contributed by atoms with Gasteiger partial charge in [-0.3, -0.25) is 4.79 Å². The first kappa shape index (κ1) is 13.6. The summed E-state index contributed by atoms with van der Waals surface area (Å²) in [7, 11) is 0. The highest BCUT2D eigenvalue weighted by Crippen LogP contribution is 2.37. The molecule has 5 heteroatoms. The van der Waals surface area contributed by atoms with Crippen LogP contribution in [0.1, 0.15) is 49.1 Å². The summed E-state index contributed by atoms with van der Waals surface area (Å²) in [6.45, 7) is 2.45. The maximum Gasteiger partial charge on any atom is 0.267 e. The van der Waals surface area contributed by atoms with Crippen molar-refractivity contribution in [2.24, 2.45) is 0 Å². The fourth-order valence-electron chi connectivity index (χ4n) is 1.93. The van der Waals surface area contributed by atoms with Crippen molar-refractivity contribution < 1.29 is 9.90 Å². The molecule has 1 aromatic heterocycles. The number of nitrogens with zero attached hydrogens (tertiary/aromatic N) is 1. The van der Waals surface area contributed by atoms with Gasteiger partial charge in [0, 0.05) is 23.3 Å². The number of amides is 1. The molecule has 0 aromatic carbocycles. The van der Waals surface area contributed by atoms with Gasteiger partial charge in [0.05, 0.1) is 6.10 Å². The van der Waals surface area contributed by atoms with Crippen LogP contribution in [-0.4, -0.2) is 28.2 Å². The van der Waals surface area contributed by atoms with Crippen molar-refractivity contribution in [1.29, 1.82) is 0 Å². The molecule has 0 saturated heterocycles. The first-order valence-corrected chi connectivity index (χ1v) is 7.24. The van der Waals surface area contributed by atoms with Crippen molar-refractivity contribution in [2.75, 3.05) is 6.54 Å². The number of carbonyl (C=O) groups is 1. The van der Waals surface area contributed by atoms with Gasteiger partial charge < -0.3 is 15.0 Å². The Morgan fingerprint density at radius 1 is 1.67 bits per heavy atom. The van der Waals surface area contributed by atoms with Gasteiger partial charge in [0.1, 0.15) is 5.69 Å². The number of hydrogen-bond donors (Lipinski definition) is 2. The third-order valence-corrected chi connectivity index (χ3v) is 3.66. The van der Waals surface area contributed by atoms with Gasteiger partial charge >= 0.3 is 0 Å². The number of aromatic nitrogens is 1. The molecule has 0 radical (unpaired) electrons. The van der Waals surface area contributed by atoms with Gasteiger partial charge in [0.2, 0.25) is 0 Å². The second kappa shape index (κ2) is 5.89. The molecule has 1 amide bonds. The lowest BCUT2D eigenvalue weighted by Gasteiger charge is -2.10. The molecular formula is C13H19BrN2O2. The number of aliphatic hydroxyl groups is 1. The topological polar surface area (TPSA) is 54.3 Å². The predicted molar refractivity (Wildman–Crippen MR) is 73.7 cm³/mol. The van der Waals surface area contributed by atoms with Gasteiger partial charge in [0.25, 0.3) is 5.91 Å². The van der Waals surface area contributed by atoms with Crippen molar-refractivity contribution >= 4 is 21.8 Å². The van der Waals surface area contributed by atoms with Crippen LogP contribution in [-0.2, 0) is 0 Å². The van der Waals surface area contributed by atoms with Crippen molar-refractivity contribution in [3.05, 3.63) is 22.4 Å². The van der Waals surface area contributed by atoms with Crippen LogP contribution in [0.4, 0.5) is 0 Å². The van der Waals surface area contributed by atoms with Crippen LogP contribution in [0.2, 0.25) is 0 Å². The average Bonchev–Trinajstić information content (AvgIpc) is 3.12. The molecule has 0 spiro atoms. The normalized spacial score (nSPS) is 16.6. The lowest BCUT2D eigenvalue weighted by molar-refractivity contribution is 0.0932. The zero-order chi connectivity index (χ0) is 13.1. The van der Waals surface area contributed by atoms with Crippen LogP contribution in [0.5, 0.6) is 0 Å². The van der Waals surface area contributed by atoms with Crippen LogP contribution < -0.4 is 5.32 Å². The summed E-state index contributed by atoms with van der Waals surface area (Å²) >= 11 is 3.41. The van der Waals surface area contributed by atoms with Gasteiger partial charge in [0.15, 0.2) is 0 Å². The fourth-order valence-corrected chi connectivity index (χ4v) is 2.37. The Balaban J connectivity index is 1.92. The lowest BCUT2D eigenvalue weighted by Crippen LogP contribution is -2.28. The maximum absolute atomic E-state index is 12.0. The zero-order valence-electron chi connectivity index (χ0n) is 10.5. The Morgan fingerprint density at radius 3 is 3.00 bits per heavy atom. The summed E-state index contributed by atoms with van der Waals surface area (Å²) in [5.74, 6) is -0.0593. The smallest absolute Gasteiger partial charge is 0.267 e. The quantitative estimate of drug-likeness (QED) is 0.847. The number of halogens is 1. The number of rotatable bonds is 6. The molecule has 4 nitrogen and oxygen atoms in total. The third kappa shape index (κ3) is 3.36. The molecule has 1 aromatic rings. The van der Waals surface area contributed by atoms with E-state index in [9.17, 15) is 9.90 Å². The van der Waals surface area contributed by atoms with E-state index >= 15 is 0 Å². The Hall–Kier alpha value is -0.810. The van der Waals surface area contributed by atoms with E-state index in [1.807, 2.05) is 23.8 Å². The Morgan fingerprint density at radius 2 is 2.39 bits per heavy atom. The Bertz CT molecular complexity index is 427. The van der Waals surface area contributed by atoms with Gasteiger partial charge in [-0.25, -0.2) is 0 Å². The zero-order valence-corrected chi connectivity index (χ0v) is 12.1. The van der Waals surface area contributed by atoms with E-state index < -0.39 is 0 Å². The molecule has 1 aliphatic rings. The minimum absolute atomic E-state index is 0.0593. The highest BCUT2D eigenvalue weighted by molar-refractivity contribution is 9.10. The predicted octanol–water partition coefficient (Wildman–Crippen LogP) is 2.48.